The molecule has 0 aliphatic rings. The minimum absolute atomic E-state index is 0.0445. The minimum atomic E-state index is -1.08. The van der Waals surface area contributed by atoms with E-state index in [-0.39, 0.29) is 10.8 Å². The van der Waals surface area contributed by atoms with Crippen LogP contribution in [0.15, 0.2) is 0 Å². The summed E-state index contributed by atoms with van der Waals surface area (Å²) in [6.07, 6.45) is 0. The van der Waals surface area contributed by atoms with Gasteiger partial charge < -0.3 is 5.11 Å². The van der Waals surface area contributed by atoms with E-state index in [0.29, 0.717) is 11.4 Å². The van der Waals surface area contributed by atoms with Crippen LogP contribution in [0.5, 0.6) is 0 Å². The zero-order chi connectivity index (χ0) is 9.30. The molecule has 0 spiro atoms. The molecule has 1 aromatic rings. The minimum Gasteiger partial charge on any atom is -0.476 e. The fourth-order valence-electron chi connectivity index (χ4n) is 0.778. The molecule has 4 nitrogen and oxygen atoms in total. The summed E-state index contributed by atoms with van der Waals surface area (Å²) in [5, 5.41) is 8.88. The highest BCUT2D eigenvalue weighted by Gasteiger charge is 2.12. The highest BCUT2D eigenvalue weighted by atomic mass is 35.5. The molecule has 5 heteroatoms. The lowest BCUT2D eigenvalue weighted by atomic mass is 10.3. The van der Waals surface area contributed by atoms with Crippen LogP contribution in [0.25, 0.3) is 0 Å². The van der Waals surface area contributed by atoms with Crippen molar-refractivity contribution < 1.29 is 9.90 Å². The molecule has 0 atom stereocenters. The Balaban J connectivity index is 3.33. The van der Waals surface area contributed by atoms with E-state index in [2.05, 4.69) is 9.97 Å². The average molecular weight is 187 g/mol. The quantitative estimate of drug-likeness (QED) is 0.721. The number of aryl methyl sites for hydroxylation is 2. The van der Waals surface area contributed by atoms with Crippen molar-refractivity contribution in [3.05, 3.63) is 22.2 Å². The second-order valence-electron chi connectivity index (χ2n) is 2.34. The van der Waals surface area contributed by atoms with Crippen LogP contribution in [0.3, 0.4) is 0 Å². The molecule has 0 saturated carbocycles. The molecule has 0 aromatic carbocycles. The third-order valence-corrected chi connectivity index (χ3v) is 1.75. The molecule has 1 aromatic heterocycles. The zero-order valence-corrected chi connectivity index (χ0v) is 7.38. The molecule has 0 bridgehead atoms. The van der Waals surface area contributed by atoms with Crippen molar-refractivity contribution in [3.8, 4) is 0 Å². The molecular weight excluding hydrogens is 180 g/mol. The first kappa shape index (κ1) is 8.93. The van der Waals surface area contributed by atoms with Crippen LogP contribution in [-0.4, -0.2) is 21.0 Å². The molecule has 64 valence electrons. The molecule has 0 saturated heterocycles. The van der Waals surface area contributed by atoms with Crippen LogP contribution < -0.4 is 0 Å². The number of carboxylic acid groups (broad SMARTS) is 1. The van der Waals surface area contributed by atoms with Crippen molar-refractivity contribution in [1.82, 2.24) is 9.97 Å². The van der Waals surface area contributed by atoms with E-state index in [0.717, 1.165) is 0 Å². The molecule has 1 heterocycles. The van der Waals surface area contributed by atoms with Gasteiger partial charge in [0, 0.05) is 0 Å². The number of carbonyl (C=O) groups is 1. The van der Waals surface area contributed by atoms with Gasteiger partial charge in [0.05, 0.1) is 11.4 Å². The van der Waals surface area contributed by atoms with Gasteiger partial charge >= 0.3 is 5.97 Å². The highest BCUT2D eigenvalue weighted by molar-refractivity contribution is 6.30. The fourth-order valence-corrected chi connectivity index (χ4v) is 0.947. The standard InChI is InChI=1S/C7H7ClN2O2/c1-3-5(7(11)12)9-4(2)6(8)10-3/h1-2H3,(H,11,12). The maximum atomic E-state index is 10.5. The van der Waals surface area contributed by atoms with Crippen molar-refractivity contribution in [1.29, 1.82) is 0 Å². The summed E-state index contributed by atoms with van der Waals surface area (Å²) in [6, 6.07) is 0. The summed E-state index contributed by atoms with van der Waals surface area (Å²) in [6.45, 7) is 3.17. The first-order chi connectivity index (χ1) is 5.52. The van der Waals surface area contributed by atoms with Crippen LogP contribution in [-0.2, 0) is 0 Å². The van der Waals surface area contributed by atoms with Gasteiger partial charge in [-0.2, -0.15) is 0 Å². The molecular formula is C7H7ClN2O2. The van der Waals surface area contributed by atoms with Crippen molar-refractivity contribution in [2.24, 2.45) is 0 Å². The van der Waals surface area contributed by atoms with Gasteiger partial charge in [0.15, 0.2) is 10.8 Å². The molecule has 0 radical (unpaired) electrons. The van der Waals surface area contributed by atoms with Crippen molar-refractivity contribution >= 4 is 17.6 Å². The molecule has 0 aliphatic carbocycles. The van der Waals surface area contributed by atoms with Gasteiger partial charge in [-0.3, -0.25) is 0 Å². The summed E-state index contributed by atoms with van der Waals surface area (Å²) in [7, 11) is 0. The van der Waals surface area contributed by atoms with Crippen LogP contribution >= 0.6 is 11.6 Å². The largest absolute Gasteiger partial charge is 0.476 e. The first-order valence-corrected chi connectivity index (χ1v) is 3.64. The van der Waals surface area contributed by atoms with Gasteiger partial charge in [0.25, 0.3) is 0 Å². The summed E-state index contributed by atoms with van der Waals surface area (Å²) in [5.41, 5.74) is 0.717. The Morgan fingerprint density at radius 3 is 2.42 bits per heavy atom. The number of aromatic carboxylic acids is 1. The van der Waals surface area contributed by atoms with Crippen LogP contribution in [0.4, 0.5) is 0 Å². The van der Waals surface area contributed by atoms with Gasteiger partial charge in [-0.15, -0.1) is 0 Å². The molecule has 0 fully saturated rings. The molecule has 12 heavy (non-hydrogen) atoms. The lowest BCUT2D eigenvalue weighted by Crippen LogP contribution is -2.07. The predicted molar refractivity (Wildman–Crippen MR) is 43.5 cm³/mol. The van der Waals surface area contributed by atoms with E-state index in [1.165, 1.54) is 0 Å². The monoisotopic (exact) mass is 186 g/mol. The third-order valence-electron chi connectivity index (χ3n) is 1.39. The van der Waals surface area contributed by atoms with Crippen LogP contribution in [0.2, 0.25) is 5.15 Å². The van der Waals surface area contributed by atoms with E-state index < -0.39 is 5.97 Å². The Morgan fingerprint density at radius 1 is 1.33 bits per heavy atom. The van der Waals surface area contributed by atoms with Gasteiger partial charge in [0.2, 0.25) is 0 Å². The molecule has 1 N–H and O–H groups in total. The van der Waals surface area contributed by atoms with E-state index in [1.807, 2.05) is 0 Å². The summed E-state index contributed by atoms with van der Waals surface area (Å²) in [4.78, 5) is 18.1. The second-order valence-corrected chi connectivity index (χ2v) is 2.70. The summed E-state index contributed by atoms with van der Waals surface area (Å²) < 4.78 is 0. The smallest absolute Gasteiger partial charge is 0.356 e. The van der Waals surface area contributed by atoms with Crippen LogP contribution in [0, 0.1) is 13.8 Å². The SMILES string of the molecule is Cc1nc(C(=O)O)c(C)nc1Cl. The Morgan fingerprint density at radius 2 is 1.92 bits per heavy atom. The van der Waals surface area contributed by atoms with E-state index in [1.54, 1.807) is 13.8 Å². The molecule has 0 aliphatic heterocycles. The first-order valence-electron chi connectivity index (χ1n) is 3.26. The van der Waals surface area contributed by atoms with Crippen molar-refractivity contribution in [2.45, 2.75) is 13.8 Å². The number of hydrogen-bond donors (Lipinski definition) is 1. The van der Waals surface area contributed by atoms with Gasteiger partial charge in [0.1, 0.15) is 0 Å². The van der Waals surface area contributed by atoms with E-state index in [9.17, 15) is 4.79 Å². The van der Waals surface area contributed by atoms with Gasteiger partial charge in [-0.1, -0.05) is 11.6 Å². The maximum Gasteiger partial charge on any atom is 0.356 e. The number of hydrogen-bond acceptors (Lipinski definition) is 3. The second kappa shape index (κ2) is 3.06. The Kier molecular flexibility index (Phi) is 2.28. The number of carboxylic acids is 1. The van der Waals surface area contributed by atoms with Crippen molar-refractivity contribution in [3.63, 3.8) is 0 Å². The summed E-state index contributed by atoms with van der Waals surface area (Å²) >= 11 is 5.62. The summed E-state index contributed by atoms with van der Waals surface area (Å²) in [5.74, 6) is -1.08. The Hall–Kier alpha value is -1.16. The Bertz CT molecular complexity index is 338. The molecule has 0 unspecified atom stereocenters. The average Bonchev–Trinajstić information content (AvgIpc) is 1.96. The van der Waals surface area contributed by atoms with Crippen LogP contribution in [0.1, 0.15) is 21.9 Å². The normalized spacial score (nSPS) is 9.92. The number of rotatable bonds is 1. The number of halogens is 1. The topological polar surface area (TPSA) is 63.1 Å². The highest BCUT2D eigenvalue weighted by Crippen LogP contribution is 2.12. The predicted octanol–water partition coefficient (Wildman–Crippen LogP) is 1.45. The number of nitrogens with zero attached hydrogens (tertiary/aromatic N) is 2. The molecule has 0 amide bonds. The van der Waals surface area contributed by atoms with E-state index in [4.69, 9.17) is 16.7 Å². The fraction of sp³-hybridized carbons (Fsp3) is 0.286. The third kappa shape index (κ3) is 1.53. The van der Waals surface area contributed by atoms with Gasteiger partial charge in [-0.25, -0.2) is 14.8 Å². The number of aromatic nitrogens is 2. The maximum absolute atomic E-state index is 10.5. The van der Waals surface area contributed by atoms with Crippen molar-refractivity contribution in [2.75, 3.05) is 0 Å². The molecule has 1 rings (SSSR count). The van der Waals surface area contributed by atoms with E-state index >= 15 is 0 Å². The van der Waals surface area contributed by atoms with Gasteiger partial charge in [-0.05, 0) is 13.8 Å². The lowest BCUT2D eigenvalue weighted by Gasteiger charge is -2.01. The zero-order valence-electron chi connectivity index (χ0n) is 6.63. The lowest BCUT2D eigenvalue weighted by molar-refractivity contribution is 0.0688. The Labute approximate surface area is 74.2 Å².